The summed E-state index contributed by atoms with van der Waals surface area (Å²) in [6, 6.07) is 3.62. The zero-order valence-electron chi connectivity index (χ0n) is 11.5. The number of thiophene rings is 1. The largest absolute Gasteiger partial charge is 0.339 e. The van der Waals surface area contributed by atoms with Crippen molar-refractivity contribution in [1.29, 1.82) is 0 Å². The first-order chi connectivity index (χ1) is 9.92. The van der Waals surface area contributed by atoms with Crippen molar-refractivity contribution in [2.24, 2.45) is 12.8 Å². The topological polar surface area (TPSA) is 93.8 Å². The zero-order valence-corrected chi connectivity index (χ0v) is 13.9. The van der Waals surface area contributed by atoms with Gasteiger partial charge in [0.1, 0.15) is 0 Å². The Morgan fingerprint density at radius 3 is 2.81 bits per heavy atom. The molecule has 6 nitrogen and oxygen atoms in total. The summed E-state index contributed by atoms with van der Waals surface area (Å²) in [6.45, 7) is 1.99. The van der Waals surface area contributed by atoms with Crippen LogP contribution in [0.3, 0.4) is 0 Å². The van der Waals surface area contributed by atoms with Crippen LogP contribution in [0.1, 0.15) is 23.5 Å². The fourth-order valence-electron chi connectivity index (χ4n) is 1.73. The van der Waals surface area contributed by atoms with Crippen LogP contribution in [0.4, 0.5) is 0 Å². The van der Waals surface area contributed by atoms with Crippen LogP contribution < -0.4 is 16.9 Å². The molecular formula is C12H15ClN4O2S2. The van der Waals surface area contributed by atoms with Crippen LogP contribution >= 0.6 is 34.7 Å². The van der Waals surface area contributed by atoms with Gasteiger partial charge in [-0.2, -0.15) is 4.98 Å². The fourth-order valence-corrected chi connectivity index (χ4v) is 4.27. The summed E-state index contributed by atoms with van der Waals surface area (Å²) >= 11 is 8.78. The number of nitrogens with zero attached hydrogens (tertiary/aromatic N) is 2. The van der Waals surface area contributed by atoms with Gasteiger partial charge >= 0.3 is 11.1 Å². The molecule has 0 aliphatic rings. The highest BCUT2D eigenvalue weighted by Gasteiger charge is 2.23. The molecule has 21 heavy (non-hydrogen) atoms. The second-order valence-electron chi connectivity index (χ2n) is 4.45. The molecule has 0 aromatic carbocycles. The Labute approximate surface area is 134 Å². The van der Waals surface area contributed by atoms with E-state index in [1.807, 2.05) is 19.1 Å². The van der Waals surface area contributed by atoms with Gasteiger partial charge in [0.2, 0.25) is 0 Å². The maximum atomic E-state index is 11.4. The van der Waals surface area contributed by atoms with Crippen molar-refractivity contribution in [2.45, 2.75) is 29.8 Å². The van der Waals surface area contributed by atoms with Gasteiger partial charge in [0.25, 0.3) is 0 Å². The summed E-state index contributed by atoms with van der Waals surface area (Å²) in [5.74, 6) is 0. The smallest absolute Gasteiger partial charge is 0.326 e. The van der Waals surface area contributed by atoms with E-state index in [0.29, 0.717) is 9.49 Å². The van der Waals surface area contributed by atoms with Gasteiger partial charge in [0.15, 0.2) is 5.16 Å². The predicted octanol–water partition coefficient (Wildman–Crippen LogP) is 1.75. The summed E-state index contributed by atoms with van der Waals surface area (Å²) in [5, 5.41) is 2.76. The monoisotopic (exact) mass is 346 g/mol. The van der Waals surface area contributed by atoms with Crippen molar-refractivity contribution in [1.82, 2.24) is 14.8 Å². The van der Waals surface area contributed by atoms with Crippen LogP contribution in [-0.4, -0.2) is 20.8 Å². The SMILES string of the molecule is CCC(N)C(Sc1nc(=O)c(=O)[nH]n1C)c1ccc(Cl)s1. The van der Waals surface area contributed by atoms with E-state index in [0.717, 1.165) is 11.3 Å². The quantitative estimate of drug-likeness (QED) is 0.635. The van der Waals surface area contributed by atoms with Gasteiger partial charge in [-0.15, -0.1) is 11.3 Å². The number of halogens is 1. The molecule has 114 valence electrons. The third-order valence-electron chi connectivity index (χ3n) is 2.91. The number of hydrogen-bond acceptors (Lipinski definition) is 6. The molecule has 0 saturated heterocycles. The highest BCUT2D eigenvalue weighted by atomic mass is 35.5. The van der Waals surface area contributed by atoms with Crippen molar-refractivity contribution < 1.29 is 0 Å². The van der Waals surface area contributed by atoms with E-state index in [1.165, 1.54) is 27.8 Å². The van der Waals surface area contributed by atoms with Crippen molar-refractivity contribution in [3.63, 3.8) is 0 Å². The normalized spacial score (nSPS) is 14.1. The first kappa shape index (κ1) is 16.3. The van der Waals surface area contributed by atoms with Crippen LogP contribution in [0.25, 0.3) is 0 Å². The molecule has 0 bridgehead atoms. The minimum Gasteiger partial charge on any atom is -0.326 e. The summed E-state index contributed by atoms with van der Waals surface area (Å²) in [6.07, 6.45) is 0.768. The highest BCUT2D eigenvalue weighted by Crippen LogP contribution is 2.40. The third kappa shape index (κ3) is 3.76. The first-order valence-electron chi connectivity index (χ1n) is 6.27. The molecule has 2 aromatic rings. The molecule has 0 spiro atoms. The second kappa shape index (κ2) is 6.78. The van der Waals surface area contributed by atoms with Crippen LogP contribution in [0, 0.1) is 0 Å². The maximum Gasteiger partial charge on any atom is 0.339 e. The number of aromatic amines is 1. The Hall–Kier alpha value is -1.09. The summed E-state index contributed by atoms with van der Waals surface area (Å²) < 4.78 is 2.11. The average molecular weight is 347 g/mol. The molecular weight excluding hydrogens is 332 g/mol. The lowest BCUT2D eigenvalue weighted by atomic mass is 10.1. The molecule has 9 heteroatoms. The minimum atomic E-state index is -0.802. The van der Waals surface area contributed by atoms with Crippen molar-refractivity contribution in [3.05, 3.63) is 42.1 Å². The van der Waals surface area contributed by atoms with E-state index >= 15 is 0 Å². The lowest BCUT2D eigenvalue weighted by Crippen LogP contribution is -2.34. The van der Waals surface area contributed by atoms with Crippen LogP contribution in [-0.2, 0) is 7.05 Å². The van der Waals surface area contributed by atoms with Crippen LogP contribution in [0.2, 0.25) is 4.34 Å². The Morgan fingerprint density at radius 2 is 2.24 bits per heavy atom. The zero-order chi connectivity index (χ0) is 15.6. The fraction of sp³-hybridized carbons (Fsp3) is 0.417. The Balaban J connectivity index is 2.38. The molecule has 2 rings (SSSR count). The standard InChI is InChI=1S/C12H15ClN4O2S2/c1-3-6(14)9(7-4-5-8(13)20-7)21-12-15-10(18)11(19)16-17(12)2/h4-6,9H,3,14H2,1-2H3,(H,16,19). The number of H-pyrrole nitrogens is 1. The van der Waals surface area contributed by atoms with Gasteiger partial charge in [-0.1, -0.05) is 30.3 Å². The number of nitrogens with one attached hydrogen (secondary N) is 1. The Kier molecular flexibility index (Phi) is 5.26. The lowest BCUT2D eigenvalue weighted by molar-refractivity contribution is 0.587. The van der Waals surface area contributed by atoms with Gasteiger partial charge in [-0.05, 0) is 18.6 Å². The Morgan fingerprint density at radius 1 is 1.52 bits per heavy atom. The molecule has 2 aromatic heterocycles. The molecule has 0 saturated carbocycles. The van der Waals surface area contributed by atoms with E-state index < -0.39 is 11.1 Å². The molecule has 2 atom stereocenters. The van der Waals surface area contributed by atoms with E-state index in [-0.39, 0.29) is 11.3 Å². The lowest BCUT2D eigenvalue weighted by Gasteiger charge is -2.21. The van der Waals surface area contributed by atoms with Gasteiger partial charge < -0.3 is 5.73 Å². The summed E-state index contributed by atoms with van der Waals surface area (Å²) in [4.78, 5) is 27.5. The molecule has 0 aliphatic heterocycles. The number of rotatable bonds is 5. The highest BCUT2D eigenvalue weighted by molar-refractivity contribution is 7.99. The maximum absolute atomic E-state index is 11.4. The van der Waals surface area contributed by atoms with Gasteiger partial charge in [0, 0.05) is 18.0 Å². The molecule has 0 aliphatic carbocycles. The van der Waals surface area contributed by atoms with Gasteiger partial charge in [-0.3, -0.25) is 19.4 Å². The minimum absolute atomic E-state index is 0.0866. The average Bonchev–Trinajstić information content (AvgIpc) is 2.87. The number of hydrogen-bond donors (Lipinski definition) is 2. The Bertz CT molecular complexity index is 739. The predicted molar refractivity (Wildman–Crippen MR) is 86.3 cm³/mol. The third-order valence-corrected chi connectivity index (χ3v) is 5.81. The van der Waals surface area contributed by atoms with E-state index in [2.05, 4.69) is 10.1 Å². The number of aromatic nitrogens is 3. The van der Waals surface area contributed by atoms with Crippen LogP contribution in [0.5, 0.6) is 0 Å². The van der Waals surface area contributed by atoms with Gasteiger partial charge in [0.05, 0.1) is 9.59 Å². The van der Waals surface area contributed by atoms with E-state index in [1.54, 1.807) is 7.05 Å². The van der Waals surface area contributed by atoms with E-state index in [9.17, 15) is 9.59 Å². The number of aryl methyl sites for hydroxylation is 1. The van der Waals surface area contributed by atoms with Crippen molar-refractivity contribution >= 4 is 34.7 Å². The molecule has 2 unspecified atom stereocenters. The molecule has 0 fully saturated rings. The summed E-state index contributed by atoms with van der Waals surface area (Å²) in [5.41, 5.74) is 4.64. The molecule has 0 amide bonds. The first-order valence-corrected chi connectivity index (χ1v) is 8.34. The molecule has 2 heterocycles. The van der Waals surface area contributed by atoms with Crippen molar-refractivity contribution in [2.75, 3.05) is 0 Å². The van der Waals surface area contributed by atoms with Crippen molar-refractivity contribution in [3.8, 4) is 0 Å². The molecule has 0 radical (unpaired) electrons. The number of thioether (sulfide) groups is 1. The second-order valence-corrected chi connectivity index (χ2v) is 7.31. The van der Waals surface area contributed by atoms with E-state index in [4.69, 9.17) is 17.3 Å². The van der Waals surface area contributed by atoms with Crippen LogP contribution in [0.15, 0.2) is 26.9 Å². The summed E-state index contributed by atoms with van der Waals surface area (Å²) in [7, 11) is 1.63. The number of nitrogens with two attached hydrogens (primary N) is 1. The molecule has 3 N–H and O–H groups in total. The van der Waals surface area contributed by atoms with Gasteiger partial charge in [-0.25, -0.2) is 0 Å².